The van der Waals surface area contributed by atoms with E-state index in [0.29, 0.717) is 0 Å². The van der Waals surface area contributed by atoms with Crippen LogP contribution in [0.25, 0.3) is 0 Å². The van der Waals surface area contributed by atoms with Crippen LogP contribution in [0.3, 0.4) is 0 Å². The van der Waals surface area contributed by atoms with E-state index in [0.717, 1.165) is 6.07 Å². The number of hydrogen-bond donors (Lipinski definition) is 0. The average Bonchev–Trinajstić information content (AvgIpc) is 2.07. The van der Waals surface area contributed by atoms with Crippen molar-refractivity contribution in [2.45, 2.75) is 11.8 Å². The Hall–Kier alpha value is -0.800. The molecular weight excluding hydrogens is 230 g/mol. The highest BCUT2D eigenvalue weighted by Gasteiger charge is 2.11. The molecule has 0 aromatic heterocycles. The third kappa shape index (κ3) is 2.86. The number of carbonyl (C=O) groups is 1. The van der Waals surface area contributed by atoms with Gasteiger partial charge < -0.3 is 4.74 Å². The molecule has 0 heterocycles. The number of benzene rings is 1. The maximum atomic E-state index is 13.0. The lowest BCUT2D eigenvalue weighted by molar-refractivity contribution is -0.131. The Bertz CT molecular complexity index is 353. The zero-order chi connectivity index (χ0) is 10.7. The van der Waals surface area contributed by atoms with E-state index in [-0.39, 0.29) is 11.3 Å². The molecule has 0 saturated heterocycles. The maximum Gasteiger partial charge on any atom is 0.308 e. The molecule has 2 nitrogen and oxygen atoms in total. The molecule has 0 amide bonds. The minimum atomic E-state index is -0.981. The van der Waals surface area contributed by atoms with Crippen molar-refractivity contribution in [2.24, 2.45) is 0 Å². The molecule has 1 aromatic carbocycles. The molecule has 0 atom stereocenters. The van der Waals surface area contributed by atoms with Crippen molar-refractivity contribution in [3.63, 3.8) is 0 Å². The normalized spacial score (nSPS) is 10.4. The second-order valence-corrected chi connectivity index (χ2v) is 3.67. The number of esters is 1. The van der Waals surface area contributed by atoms with Gasteiger partial charge in [-0.05, 0) is 18.2 Å². The summed E-state index contributed by atoms with van der Waals surface area (Å²) < 4.78 is 17.8. The van der Waals surface area contributed by atoms with Gasteiger partial charge >= 0.3 is 5.97 Å². The quantitative estimate of drug-likeness (QED) is 0.448. The van der Waals surface area contributed by atoms with Gasteiger partial charge in [0.1, 0.15) is 16.4 Å². The summed E-state index contributed by atoms with van der Waals surface area (Å²) in [6.45, 7) is 1.25. The Morgan fingerprint density at radius 2 is 2.14 bits per heavy atom. The summed E-state index contributed by atoms with van der Waals surface area (Å²) in [5.41, 5.74) is 0.0899. The smallest absolute Gasteiger partial charge is 0.308 e. The van der Waals surface area contributed by atoms with E-state index in [1.807, 2.05) is 0 Å². The second-order valence-electron chi connectivity index (χ2n) is 2.58. The van der Waals surface area contributed by atoms with Gasteiger partial charge in [0.15, 0.2) is 0 Å². The molecular formula is C9H7Cl2FO2. The minimum absolute atomic E-state index is 0.0899. The van der Waals surface area contributed by atoms with Crippen LogP contribution >= 0.6 is 23.2 Å². The summed E-state index contributed by atoms with van der Waals surface area (Å²) in [5.74, 6) is -0.792. The highest BCUT2D eigenvalue weighted by molar-refractivity contribution is 6.44. The van der Waals surface area contributed by atoms with Crippen LogP contribution in [0.15, 0.2) is 18.2 Å². The van der Waals surface area contributed by atoms with Crippen LogP contribution in [0, 0.1) is 5.82 Å². The van der Waals surface area contributed by atoms with Crippen molar-refractivity contribution >= 4 is 29.2 Å². The lowest BCUT2D eigenvalue weighted by Crippen LogP contribution is -2.02. The molecule has 5 heteroatoms. The van der Waals surface area contributed by atoms with Gasteiger partial charge in [-0.1, -0.05) is 23.2 Å². The van der Waals surface area contributed by atoms with Gasteiger partial charge in [0.25, 0.3) is 0 Å². The molecule has 0 radical (unpaired) electrons. The molecule has 0 fully saturated rings. The standard InChI is InChI=1S/C9H7Cl2FO2/c1-5(13)14-6-2-3-8(12)7(4-6)9(10)11/h2-4,9H,1H3. The lowest BCUT2D eigenvalue weighted by atomic mass is 10.2. The van der Waals surface area contributed by atoms with Crippen molar-refractivity contribution < 1.29 is 13.9 Å². The van der Waals surface area contributed by atoms with Crippen LogP contribution in [0.4, 0.5) is 4.39 Å². The van der Waals surface area contributed by atoms with Crippen molar-refractivity contribution in [1.29, 1.82) is 0 Å². The van der Waals surface area contributed by atoms with Crippen molar-refractivity contribution in [3.8, 4) is 5.75 Å². The molecule has 0 spiro atoms. The number of ether oxygens (including phenoxy) is 1. The van der Waals surface area contributed by atoms with Crippen molar-refractivity contribution in [3.05, 3.63) is 29.6 Å². The zero-order valence-corrected chi connectivity index (χ0v) is 8.77. The monoisotopic (exact) mass is 236 g/mol. The molecule has 14 heavy (non-hydrogen) atoms. The molecule has 1 aromatic rings. The topological polar surface area (TPSA) is 26.3 Å². The minimum Gasteiger partial charge on any atom is -0.427 e. The van der Waals surface area contributed by atoms with E-state index in [1.165, 1.54) is 19.1 Å². The first kappa shape index (κ1) is 11.3. The van der Waals surface area contributed by atoms with Gasteiger partial charge in [0, 0.05) is 12.5 Å². The van der Waals surface area contributed by atoms with Crippen LogP contribution in [-0.2, 0) is 4.79 Å². The summed E-state index contributed by atoms with van der Waals surface area (Å²) in [5, 5.41) is 0. The number of carbonyl (C=O) groups excluding carboxylic acids is 1. The summed E-state index contributed by atoms with van der Waals surface area (Å²) in [7, 11) is 0. The van der Waals surface area contributed by atoms with Gasteiger partial charge in [0.2, 0.25) is 0 Å². The molecule has 0 saturated carbocycles. The summed E-state index contributed by atoms with van der Waals surface area (Å²) >= 11 is 11.0. The Labute approximate surface area is 90.6 Å². The lowest BCUT2D eigenvalue weighted by Gasteiger charge is -2.06. The zero-order valence-electron chi connectivity index (χ0n) is 7.26. The molecule has 1 rings (SSSR count). The van der Waals surface area contributed by atoms with E-state index in [2.05, 4.69) is 0 Å². The van der Waals surface area contributed by atoms with E-state index in [4.69, 9.17) is 27.9 Å². The number of rotatable bonds is 2. The first-order valence-corrected chi connectivity index (χ1v) is 4.64. The van der Waals surface area contributed by atoms with Crippen molar-refractivity contribution in [1.82, 2.24) is 0 Å². The number of hydrogen-bond acceptors (Lipinski definition) is 2. The SMILES string of the molecule is CC(=O)Oc1ccc(F)c(C(Cl)Cl)c1. The Balaban J connectivity index is 3.00. The largest absolute Gasteiger partial charge is 0.427 e. The highest BCUT2D eigenvalue weighted by Crippen LogP contribution is 2.29. The predicted molar refractivity (Wildman–Crippen MR) is 52.2 cm³/mol. The second kappa shape index (κ2) is 4.62. The molecule has 0 N–H and O–H groups in total. The Kier molecular flexibility index (Phi) is 3.72. The fourth-order valence-corrected chi connectivity index (χ4v) is 1.25. The van der Waals surface area contributed by atoms with E-state index in [9.17, 15) is 9.18 Å². The molecule has 0 aliphatic heterocycles. The fraction of sp³-hybridized carbons (Fsp3) is 0.222. The Morgan fingerprint density at radius 1 is 1.50 bits per heavy atom. The van der Waals surface area contributed by atoms with Gasteiger partial charge in [-0.25, -0.2) is 4.39 Å². The summed E-state index contributed by atoms with van der Waals surface area (Å²) in [6.07, 6.45) is 0. The van der Waals surface area contributed by atoms with Gasteiger partial charge in [-0.15, -0.1) is 0 Å². The van der Waals surface area contributed by atoms with Gasteiger partial charge in [-0.3, -0.25) is 4.79 Å². The van der Waals surface area contributed by atoms with Gasteiger partial charge in [-0.2, -0.15) is 0 Å². The predicted octanol–water partition coefficient (Wildman–Crippen LogP) is 3.23. The van der Waals surface area contributed by atoms with E-state index < -0.39 is 16.6 Å². The third-order valence-electron chi connectivity index (χ3n) is 1.46. The average molecular weight is 237 g/mol. The first-order valence-electron chi connectivity index (χ1n) is 3.76. The van der Waals surface area contributed by atoms with E-state index >= 15 is 0 Å². The maximum absolute atomic E-state index is 13.0. The molecule has 76 valence electrons. The van der Waals surface area contributed by atoms with Crippen LogP contribution in [-0.4, -0.2) is 5.97 Å². The van der Waals surface area contributed by atoms with Gasteiger partial charge in [0.05, 0.1) is 0 Å². The Morgan fingerprint density at radius 3 is 2.64 bits per heavy atom. The first-order chi connectivity index (χ1) is 6.50. The van der Waals surface area contributed by atoms with Crippen molar-refractivity contribution in [2.75, 3.05) is 0 Å². The summed E-state index contributed by atoms with van der Waals surface area (Å²) in [6, 6.07) is 3.77. The summed E-state index contributed by atoms with van der Waals surface area (Å²) in [4.78, 5) is 9.62. The van der Waals surface area contributed by atoms with Crippen LogP contribution in [0.5, 0.6) is 5.75 Å². The highest BCUT2D eigenvalue weighted by atomic mass is 35.5. The fourth-order valence-electron chi connectivity index (χ4n) is 0.919. The number of halogens is 3. The van der Waals surface area contributed by atoms with E-state index in [1.54, 1.807) is 0 Å². The molecule has 0 unspecified atom stereocenters. The molecule has 0 aliphatic carbocycles. The molecule has 0 bridgehead atoms. The van der Waals surface area contributed by atoms with Crippen LogP contribution in [0.1, 0.15) is 17.3 Å². The van der Waals surface area contributed by atoms with Crippen LogP contribution in [0.2, 0.25) is 0 Å². The number of alkyl halides is 2. The van der Waals surface area contributed by atoms with Crippen LogP contribution < -0.4 is 4.74 Å². The third-order valence-corrected chi connectivity index (χ3v) is 1.93. The molecule has 0 aliphatic rings.